The van der Waals surface area contributed by atoms with Crippen molar-refractivity contribution in [1.82, 2.24) is 4.57 Å². The number of fused-ring (bicyclic) bond motifs is 24. The topological polar surface area (TPSA) is 320 Å². The molecule has 0 amide bonds. The Morgan fingerprint density at radius 1 is 0.331 bits per heavy atom. The van der Waals surface area contributed by atoms with E-state index in [9.17, 15) is 47.9 Å². The quantitative estimate of drug-likeness (QED) is 0.157. The maximum Gasteiger partial charge on any atom is 0.308 e. The number of aromatic nitrogens is 1. The number of hydrogen-bond donors (Lipinski definition) is 1. The van der Waals surface area contributed by atoms with E-state index >= 15 is 0 Å². The summed E-state index contributed by atoms with van der Waals surface area (Å²) in [5.41, 5.74) is 9.61. The van der Waals surface area contributed by atoms with Crippen LogP contribution in [0.3, 0.4) is 0 Å². The third kappa shape index (κ3) is 16.4. The van der Waals surface area contributed by atoms with Crippen LogP contribution < -0.4 is 52.1 Å². The third-order valence-corrected chi connectivity index (χ3v) is 24.4. The summed E-state index contributed by atoms with van der Waals surface area (Å²) in [4.78, 5) is 114. The highest BCUT2D eigenvalue weighted by molar-refractivity contribution is 7.25. The number of benzene rings is 15. The van der Waals surface area contributed by atoms with Gasteiger partial charge in [0.2, 0.25) is 58.8 Å². The summed E-state index contributed by atoms with van der Waals surface area (Å²) >= 11 is 1.72. The molecule has 13 heterocycles. The van der Waals surface area contributed by atoms with Gasteiger partial charge in [0.25, 0.3) is 6.29 Å². The Labute approximate surface area is 758 Å². The fourth-order valence-corrected chi connectivity index (χ4v) is 18.1. The Bertz CT molecular complexity index is 7800. The molecule has 0 spiro atoms. The number of para-hydroxylation sites is 4. The summed E-state index contributed by atoms with van der Waals surface area (Å²) in [5.74, 6) is 6.27. The molecule has 25 nitrogen and oxygen atoms in total. The molecule has 10 aliphatic heterocycles. The van der Waals surface area contributed by atoms with Crippen molar-refractivity contribution < 1.29 is 114 Å². The fourth-order valence-electron chi connectivity index (χ4n) is 16.9. The van der Waals surface area contributed by atoms with E-state index in [0.717, 1.165) is 105 Å². The molecule has 0 aliphatic carbocycles. The maximum absolute atomic E-state index is 11.8. The van der Waals surface area contributed by atoms with Crippen molar-refractivity contribution in [3.8, 4) is 63.2 Å². The third-order valence-electron chi connectivity index (χ3n) is 23.3. The van der Waals surface area contributed by atoms with Gasteiger partial charge in [0, 0.05) is 72.2 Å². The summed E-state index contributed by atoms with van der Waals surface area (Å²) in [6.45, 7) is 5.63. The van der Waals surface area contributed by atoms with Crippen molar-refractivity contribution in [2.75, 3.05) is 53.0 Å². The number of aryl methyl sites for hydroxylation is 1. The van der Waals surface area contributed by atoms with Crippen LogP contribution in [-0.4, -0.2) is 133 Å². The van der Waals surface area contributed by atoms with E-state index in [0.29, 0.717) is 84.9 Å². The van der Waals surface area contributed by atoms with E-state index in [1.807, 2.05) is 188 Å². The highest BCUT2D eigenvalue weighted by Gasteiger charge is 2.36. The molecule has 18 aromatic rings. The Morgan fingerprint density at radius 3 is 1.47 bits per heavy atom. The molecule has 656 valence electrons. The number of thiophene rings is 1. The minimum absolute atomic E-state index is 0.00620. The normalized spacial score (nSPS) is 15.5. The van der Waals surface area contributed by atoms with Crippen LogP contribution in [0.1, 0.15) is 107 Å². The zero-order valence-electron chi connectivity index (χ0n) is 70.8. The molecule has 10 aliphatic rings. The summed E-state index contributed by atoms with van der Waals surface area (Å²) in [6, 6.07) is 88.2. The van der Waals surface area contributed by atoms with Crippen LogP contribution in [0.5, 0.6) is 63.2 Å². The number of ketones is 9. The zero-order chi connectivity index (χ0) is 91.2. The van der Waals surface area contributed by atoms with Gasteiger partial charge < -0.3 is 70.9 Å². The smallest absolute Gasteiger partial charge is 0.308 e. The van der Waals surface area contributed by atoms with Gasteiger partial charge in [0.1, 0.15) is 62.9 Å². The molecule has 0 bridgehead atoms. The monoisotopic (exact) mass is 1790 g/mol. The molecule has 28 rings (SSSR count). The Morgan fingerprint density at radius 2 is 0.805 bits per heavy atom. The van der Waals surface area contributed by atoms with Crippen LogP contribution in [0.4, 0.5) is 0 Å². The first kappa shape index (κ1) is 84.3. The van der Waals surface area contributed by atoms with Crippen LogP contribution in [0, 0.1) is 0 Å². The second-order valence-corrected chi connectivity index (χ2v) is 32.5. The van der Waals surface area contributed by atoms with Gasteiger partial charge in [-0.05, 0) is 143 Å². The highest BCUT2D eigenvalue weighted by atomic mass is 32.1. The molecular weight excluding hydrogens is 1720 g/mol. The lowest BCUT2D eigenvalue weighted by molar-refractivity contribution is -0.154. The number of aliphatic hydroxyl groups excluding tert-OH is 1. The van der Waals surface area contributed by atoms with E-state index in [1.54, 1.807) is 78.1 Å². The van der Waals surface area contributed by atoms with Crippen LogP contribution in [0.15, 0.2) is 283 Å². The molecule has 26 heteroatoms. The lowest BCUT2D eigenvalue weighted by Crippen LogP contribution is -2.26. The van der Waals surface area contributed by atoms with E-state index < -0.39 is 18.5 Å². The number of carbonyl (C=O) groups excluding carboxylic acids is 10. The number of furan rings is 1. The summed E-state index contributed by atoms with van der Waals surface area (Å²) < 4.78 is 72.6. The van der Waals surface area contributed by atoms with Crippen molar-refractivity contribution in [2.45, 2.75) is 33.0 Å². The molecule has 2 atom stereocenters. The van der Waals surface area contributed by atoms with Crippen LogP contribution in [0.25, 0.3) is 96.2 Å². The number of aliphatic hydroxyl groups is 1. The zero-order valence-corrected chi connectivity index (χ0v) is 71.6. The van der Waals surface area contributed by atoms with Crippen molar-refractivity contribution in [2.24, 2.45) is 0 Å². The van der Waals surface area contributed by atoms with Crippen molar-refractivity contribution in [3.05, 3.63) is 329 Å². The minimum atomic E-state index is -1.30. The second-order valence-electron chi connectivity index (χ2n) is 31.5. The van der Waals surface area contributed by atoms with Crippen molar-refractivity contribution >= 4 is 166 Å². The predicted molar refractivity (Wildman–Crippen MR) is 496 cm³/mol. The van der Waals surface area contributed by atoms with Gasteiger partial charge >= 0.3 is 12.3 Å². The Kier molecular flexibility index (Phi) is 22.6. The van der Waals surface area contributed by atoms with Crippen molar-refractivity contribution in [1.29, 1.82) is 0 Å². The number of Topliss-reactive ketones (excluding diaryl/α,β-unsaturated/α-hetero) is 9. The van der Waals surface area contributed by atoms with Gasteiger partial charge in [-0.1, -0.05) is 164 Å². The number of ether oxygens (including phenoxy) is 12. The number of esters is 1. The molecular formula is C107H73NO24S. The lowest BCUT2D eigenvalue weighted by atomic mass is 10.0. The number of hydrogen-bond acceptors (Lipinski definition) is 25. The average Bonchev–Trinajstić information content (AvgIpc) is 1.58. The van der Waals surface area contributed by atoms with Gasteiger partial charge in [-0.3, -0.25) is 47.9 Å². The molecule has 2 unspecified atom stereocenters. The lowest BCUT2D eigenvalue weighted by Gasteiger charge is -2.07. The van der Waals surface area contributed by atoms with Crippen LogP contribution in [0.2, 0.25) is 0 Å². The maximum atomic E-state index is 11.8. The molecule has 0 radical (unpaired) electrons. The first-order valence-electron chi connectivity index (χ1n) is 42.4. The number of carbonyl (C=O) groups is 10. The van der Waals surface area contributed by atoms with Gasteiger partial charge in [-0.25, -0.2) is 0 Å². The standard InChI is InChI=1S/C16H13NO2.C14H8O3.C14H8O2S.3C12H8O2.C10H8O4.C9H6O4.C8H6O3/c1-2-17-13-6-4-3-5-10(13)11-8-16-12(7-14(11)17)15(18)9-19-16;15-11-7-16-13-5-9-8-3-1-2-4-12(8)17-14(9)6-10(11)13;15-11-7-16-12-5-9-8-3-1-2-4-13(8)17-14(9)6-10(11)12;13-11-7-14-12-6-9-4-2-1-3-8(9)5-10(11)12;13-10-7-14-11-6-5-8-3-1-2-4-9(8)12(10)11;13-11-7-14-12-9-4-2-1-3-8(9)5-6-10(11)12;1-6(11)13-10-9(12)7-4-2-3-5-8(7)14-10;10-6-3-11-7-2-9-8(1-5(6)7)12-4-13-9;9-7-5-3-1-2-4-6(5)11-8(7)10/h3-8H,2,9H2,1H3;2*1-6H,7H2;3*1-6H,7H2;2-5,10H,1H3;1-2H,3-4H2;1-4,8,10H. The molecule has 0 saturated heterocycles. The fraction of sp³-hybridized carbons (Fsp3) is 0.121. The van der Waals surface area contributed by atoms with E-state index in [-0.39, 0.29) is 105 Å². The molecule has 3 aromatic heterocycles. The SMILES string of the molecule is CC(=O)OC1Oc2ccccc2C1=O.CCn1c2ccccc2c2cc3c(cc21)C(=O)CO3.O=C1COc2c1ccc1ccccc21.O=C1COc2cc3c(cc21)OCO3.O=C1COc2cc3c(cc21)oc1ccccc13.O=C1COc2cc3c(cc21)sc1ccccc13.O=C1COc2cc3ccccc3cc21.O=C1COc2ccc3ccccc3c21.O=C1c2ccccc2OC1O. The van der Waals surface area contributed by atoms with Crippen LogP contribution in [-0.2, 0) is 16.1 Å². The molecule has 1 N–H and O–H groups in total. The minimum Gasteiger partial charge on any atom is -0.485 e. The molecule has 0 saturated carbocycles. The summed E-state index contributed by atoms with van der Waals surface area (Å²) in [5, 5.41) is 22.2. The number of nitrogens with zero attached hydrogens (tertiary/aromatic N) is 1. The van der Waals surface area contributed by atoms with Gasteiger partial charge in [0.15, 0.2) is 57.7 Å². The largest absolute Gasteiger partial charge is 0.485 e. The van der Waals surface area contributed by atoms with Crippen molar-refractivity contribution in [3.63, 3.8) is 0 Å². The highest BCUT2D eigenvalue weighted by Crippen LogP contribution is 2.45. The average molecular weight is 1790 g/mol. The molecule has 133 heavy (non-hydrogen) atoms. The van der Waals surface area contributed by atoms with E-state index in [1.165, 1.54) is 33.3 Å². The summed E-state index contributed by atoms with van der Waals surface area (Å²) in [6.07, 6.45) is -2.41. The Balaban J connectivity index is 0.0000000934. The van der Waals surface area contributed by atoms with E-state index in [4.69, 9.17) is 66.4 Å². The molecule has 0 fully saturated rings. The number of rotatable bonds is 2. The summed E-state index contributed by atoms with van der Waals surface area (Å²) in [7, 11) is 0. The first-order chi connectivity index (χ1) is 64.8. The van der Waals surface area contributed by atoms with Gasteiger partial charge in [-0.15, -0.1) is 11.3 Å². The first-order valence-corrected chi connectivity index (χ1v) is 43.2. The second kappa shape index (κ2) is 35.7. The van der Waals surface area contributed by atoms with E-state index in [2.05, 4.69) is 35.8 Å². The molecule has 15 aromatic carbocycles. The van der Waals surface area contributed by atoms with Gasteiger partial charge in [0.05, 0.1) is 55.6 Å². The predicted octanol–water partition coefficient (Wildman–Crippen LogP) is 20.1. The Hall–Kier alpha value is -16.8. The van der Waals surface area contributed by atoms with Crippen LogP contribution >= 0.6 is 11.3 Å². The van der Waals surface area contributed by atoms with Gasteiger partial charge in [-0.2, -0.15) is 0 Å².